The molecule has 0 amide bonds. The van der Waals surface area contributed by atoms with Crippen molar-refractivity contribution in [3.05, 3.63) is 0 Å². The summed E-state index contributed by atoms with van der Waals surface area (Å²) in [5, 5.41) is 11.3. The molecule has 0 bridgehead atoms. The monoisotopic (exact) mass is 283 g/mol. The maximum atomic E-state index is 11.3. The van der Waals surface area contributed by atoms with Crippen molar-refractivity contribution < 1.29 is 14.6 Å². The summed E-state index contributed by atoms with van der Waals surface area (Å²) < 4.78 is 11.6. The van der Waals surface area contributed by atoms with E-state index in [2.05, 4.69) is 6.92 Å². The average Bonchev–Trinajstić information content (AvgIpc) is 2.91. The fraction of sp³-hybridized carbons (Fsp3) is 1.00. The highest BCUT2D eigenvalue weighted by molar-refractivity contribution is 5.05. The Morgan fingerprint density at radius 3 is 2.30 bits per heavy atom. The van der Waals surface area contributed by atoms with Crippen LogP contribution in [0.1, 0.15) is 58.3 Å². The van der Waals surface area contributed by atoms with E-state index < -0.39 is 11.4 Å². The number of ether oxygens (including phenoxy) is 2. The van der Waals surface area contributed by atoms with E-state index >= 15 is 0 Å². The van der Waals surface area contributed by atoms with E-state index in [9.17, 15) is 5.11 Å². The number of aliphatic hydroxyl groups is 1. The van der Waals surface area contributed by atoms with Gasteiger partial charge in [-0.25, -0.2) is 0 Å². The summed E-state index contributed by atoms with van der Waals surface area (Å²) in [7, 11) is 0. The molecule has 2 saturated carbocycles. The first-order valence-electron chi connectivity index (χ1n) is 8.24. The first kappa shape index (κ1) is 14.8. The van der Waals surface area contributed by atoms with Crippen molar-refractivity contribution in [2.45, 2.75) is 69.7 Å². The molecule has 2 unspecified atom stereocenters. The van der Waals surface area contributed by atoms with Crippen LogP contribution in [-0.4, -0.2) is 36.3 Å². The second-order valence-electron chi connectivity index (χ2n) is 7.33. The van der Waals surface area contributed by atoms with Gasteiger partial charge in [0.05, 0.1) is 18.8 Å². The van der Waals surface area contributed by atoms with E-state index in [-0.39, 0.29) is 5.41 Å². The summed E-state index contributed by atoms with van der Waals surface area (Å²) >= 11 is 0. The van der Waals surface area contributed by atoms with Crippen LogP contribution in [0.15, 0.2) is 0 Å². The number of hydrogen-bond acceptors (Lipinski definition) is 4. The van der Waals surface area contributed by atoms with Crippen LogP contribution < -0.4 is 5.73 Å². The normalized spacial score (nSPS) is 40.0. The molecule has 116 valence electrons. The van der Waals surface area contributed by atoms with Gasteiger partial charge in [0.2, 0.25) is 0 Å². The van der Waals surface area contributed by atoms with E-state index in [1.807, 2.05) is 0 Å². The van der Waals surface area contributed by atoms with Crippen molar-refractivity contribution in [1.29, 1.82) is 0 Å². The quantitative estimate of drug-likeness (QED) is 0.815. The van der Waals surface area contributed by atoms with Crippen LogP contribution >= 0.6 is 0 Å². The lowest BCUT2D eigenvalue weighted by Crippen LogP contribution is -2.58. The van der Waals surface area contributed by atoms with Crippen LogP contribution in [0, 0.1) is 11.3 Å². The molecule has 3 fully saturated rings. The predicted molar refractivity (Wildman–Crippen MR) is 77.2 cm³/mol. The lowest BCUT2D eigenvalue weighted by molar-refractivity contribution is -0.226. The van der Waals surface area contributed by atoms with Crippen LogP contribution in [0.25, 0.3) is 0 Å². The second-order valence-corrected chi connectivity index (χ2v) is 7.33. The van der Waals surface area contributed by atoms with Crippen molar-refractivity contribution in [3.63, 3.8) is 0 Å². The first-order valence-corrected chi connectivity index (χ1v) is 8.24. The van der Waals surface area contributed by atoms with Crippen molar-refractivity contribution in [2.75, 3.05) is 19.8 Å². The molecular weight excluding hydrogens is 254 g/mol. The van der Waals surface area contributed by atoms with Gasteiger partial charge in [-0.1, -0.05) is 19.8 Å². The Labute approximate surface area is 122 Å². The summed E-state index contributed by atoms with van der Waals surface area (Å²) in [6.45, 7) is 4.28. The zero-order valence-corrected chi connectivity index (χ0v) is 12.7. The molecule has 1 aliphatic heterocycles. The summed E-state index contributed by atoms with van der Waals surface area (Å²) in [5.41, 5.74) is 5.42. The topological polar surface area (TPSA) is 64.7 Å². The Morgan fingerprint density at radius 2 is 1.75 bits per heavy atom. The molecule has 3 rings (SSSR count). The minimum Gasteiger partial charge on any atom is -0.389 e. The van der Waals surface area contributed by atoms with Gasteiger partial charge in [0.25, 0.3) is 0 Å². The molecule has 2 aliphatic carbocycles. The largest absolute Gasteiger partial charge is 0.389 e. The Balaban J connectivity index is 1.74. The highest BCUT2D eigenvalue weighted by Crippen LogP contribution is 2.54. The average molecular weight is 283 g/mol. The Hall–Kier alpha value is -0.160. The third kappa shape index (κ3) is 2.31. The van der Waals surface area contributed by atoms with E-state index in [0.29, 0.717) is 25.7 Å². The number of hydrogen-bond donors (Lipinski definition) is 2. The maximum absolute atomic E-state index is 11.3. The van der Waals surface area contributed by atoms with Gasteiger partial charge in [0.15, 0.2) is 5.79 Å². The zero-order chi connectivity index (χ0) is 14.3. The number of rotatable bonds is 2. The van der Waals surface area contributed by atoms with Crippen LogP contribution in [0.3, 0.4) is 0 Å². The molecule has 2 atom stereocenters. The lowest BCUT2D eigenvalue weighted by atomic mass is 9.56. The maximum Gasteiger partial charge on any atom is 0.168 e. The molecule has 1 heterocycles. The molecule has 3 N–H and O–H groups in total. The van der Waals surface area contributed by atoms with E-state index in [1.54, 1.807) is 0 Å². The van der Waals surface area contributed by atoms with Gasteiger partial charge in [0, 0.05) is 24.8 Å². The Kier molecular flexibility index (Phi) is 3.87. The summed E-state index contributed by atoms with van der Waals surface area (Å²) in [6.07, 6.45) is 7.73. The summed E-state index contributed by atoms with van der Waals surface area (Å²) in [6, 6.07) is 0. The van der Waals surface area contributed by atoms with Gasteiger partial charge in [-0.3, -0.25) is 0 Å². The van der Waals surface area contributed by atoms with Gasteiger partial charge >= 0.3 is 0 Å². The van der Waals surface area contributed by atoms with Crippen LogP contribution in [-0.2, 0) is 9.47 Å². The molecular formula is C16H29NO3. The molecule has 4 nitrogen and oxygen atoms in total. The molecule has 0 aromatic carbocycles. The molecule has 1 saturated heterocycles. The second kappa shape index (κ2) is 5.24. The highest BCUT2D eigenvalue weighted by Gasteiger charge is 2.55. The van der Waals surface area contributed by atoms with Gasteiger partial charge in [-0.05, 0) is 31.6 Å². The Morgan fingerprint density at radius 1 is 1.10 bits per heavy atom. The van der Waals surface area contributed by atoms with Gasteiger partial charge < -0.3 is 20.3 Å². The van der Waals surface area contributed by atoms with E-state index in [4.69, 9.17) is 15.2 Å². The first-order chi connectivity index (χ1) is 9.53. The zero-order valence-electron chi connectivity index (χ0n) is 12.7. The fourth-order valence-electron chi connectivity index (χ4n) is 4.82. The molecule has 0 radical (unpaired) electrons. The fourth-order valence-corrected chi connectivity index (χ4v) is 4.82. The molecule has 0 aromatic heterocycles. The minimum atomic E-state index is -0.628. The molecule has 1 spiro atoms. The summed E-state index contributed by atoms with van der Waals surface area (Å²) in [5.74, 6) is 0.272. The van der Waals surface area contributed by atoms with E-state index in [1.165, 1.54) is 12.8 Å². The van der Waals surface area contributed by atoms with E-state index in [0.717, 1.165) is 38.5 Å². The summed E-state index contributed by atoms with van der Waals surface area (Å²) in [4.78, 5) is 0. The molecule has 3 aliphatic rings. The highest BCUT2D eigenvalue weighted by atomic mass is 16.7. The van der Waals surface area contributed by atoms with Crippen molar-refractivity contribution in [3.8, 4) is 0 Å². The van der Waals surface area contributed by atoms with Crippen molar-refractivity contribution in [2.24, 2.45) is 17.1 Å². The molecule has 4 heteroatoms. The SMILES string of the molecule is CC1CCCC(CN)(C2(O)CCC3(CC2)OCCO3)C1. The van der Waals surface area contributed by atoms with Crippen molar-refractivity contribution >= 4 is 0 Å². The van der Waals surface area contributed by atoms with Crippen LogP contribution in [0.2, 0.25) is 0 Å². The lowest BCUT2D eigenvalue weighted by Gasteiger charge is -2.54. The van der Waals surface area contributed by atoms with Crippen molar-refractivity contribution in [1.82, 2.24) is 0 Å². The van der Waals surface area contributed by atoms with Crippen LogP contribution in [0.5, 0.6) is 0 Å². The predicted octanol–water partition coefficient (Wildman–Crippen LogP) is 2.19. The third-order valence-corrected chi connectivity index (χ3v) is 6.12. The van der Waals surface area contributed by atoms with Crippen LogP contribution in [0.4, 0.5) is 0 Å². The minimum absolute atomic E-state index is 0.0924. The number of nitrogens with two attached hydrogens (primary N) is 1. The van der Waals surface area contributed by atoms with Gasteiger partial charge in [-0.15, -0.1) is 0 Å². The third-order valence-electron chi connectivity index (χ3n) is 6.12. The smallest absolute Gasteiger partial charge is 0.168 e. The van der Waals surface area contributed by atoms with Gasteiger partial charge in [-0.2, -0.15) is 0 Å². The van der Waals surface area contributed by atoms with Gasteiger partial charge in [0.1, 0.15) is 0 Å². The molecule has 0 aromatic rings. The standard InChI is InChI=1S/C16H29NO3/c1-13-3-2-4-14(11-13,12-17)15(18)5-7-16(8-6-15)19-9-10-20-16/h13,18H,2-12,17H2,1H3. The Bertz CT molecular complexity index is 344. The molecule has 20 heavy (non-hydrogen) atoms.